The predicted molar refractivity (Wildman–Crippen MR) is 101 cm³/mol. The maximum atomic E-state index is 12.1. The summed E-state index contributed by atoms with van der Waals surface area (Å²) in [7, 11) is 0. The summed E-state index contributed by atoms with van der Waals surface area (Å²) in [6.45, 7) is 7.62. The molecule has 2 amide bonds. The molecule has 0 saturated heterocycles. The van der Waals surface area contributed by atoms with Crippen molar-refractivity contribution in [2.24, 2.45) is 0 Å². The van der Waals surface area contributed by atoms with Gasteiger partial charge in [-0.05, 0) is 34.2 Å². The van der Waals surface area contributed by atoms with Gasteiger partial charge in [-0.1, -0.05) is 57.2 Å². The fraction of sp³-hybridized carbons (Fsp3) is 0.381. The molecule has 3 rings (SSSR count). The molecule has 0 bridgehead atoms. The van der Waals surface area contributed by atoms with Crippen LogP contribution in [0.1, 0.15) is 37.5 Å². The lowest BCUT2D eigenvalue weighted by molar-refractivity contribution is 0.0308. The highest BCUT2D eigenvalue weighted by Gasteiger charge is 2.19. The van der Waals surface area contributed by atoms with E-state index in [1.165, 1.54) is 16.7 Å². The Hall–Kier alpha value is -2.33. The van der Waals surface area contributed by atoms with E-state index >= 15 is 0 Å². The van der Waals surface area contributed by atoms with E-state index in [1.54, 1.807) is 0 Å². The van der Waals surface area contributed by atoms with Gasteiger partial charge in [0.1, 0.15) is 0 Å². The average Bonchev–Trinajstić information content (AvgIpc) is 2.59. The molecule has 1 aliphatic rings. The van der Waals surface area contributed by atoms with Gasteiger partial charge in [0.15, 0.2) is 0 Å². The van der Waals surface area contributed by atoms with Crippen molar-refractivity contribution in [1.82, 2.24) is 5.32 Å². The van der Waals surface area contributed by atoms with Crippen molar-refractivity contribution in [2.45, 2.75) is 45.3 Å². The molecular formula is C21H26N2O2. The largest absolute Gasteiger partial charge is 0.371 e. The fourth-order valence-electron chi connectivity index (χ4n) is 2.98. The molecule has 0 radical (unpaired) electrons. The van der Waals surface area contributed by atoms with E-state index in [9.17, 15) is 4.79 Å². The number of nitrogens with one attached hydrogen (secondary N) is 2. The van der Waals surface area contributed by atoms with Crippen molar-refractivity contribution in [3.63, 3.8) is 0 Å². The van der Waals surface area contributed by atoms with Crippen LogP contribution in [0.2, 0.25) is 0 Å². The molecule has 2 N–H and O–H groups in total. The number of benzene rings is 2. The number of carbonyl (C=O) groups excluding carboxylic acids is 1. The predicted octanol–water partition coefficient (Wildman–Crippen LogP) is 4.25. The van der Waals surface area contributed by atoms with Crippen LogP contribution in [0.5, 0.6) is 0 Å². The molecule has 1 unspecified atom stereocenters. The fourth-order valence-corrected chi connectivity index (χ4v) is 2.98. The van der Waals surface area contributed by atoms with E-state index in [4.69, 9.17) is 4.74 Å². The SMILES string of the molecule is CC(C)(C)c1ccc(NC(=O)NCC2Cc3ccccc3CO2)cc1. The number of ether oxygens (including phenoxy) is 1. The maximum absolute atomic E-state index is 12.1. The number of fused-ring (bicyclic) bond motifs is 1. The Morgan fingerprint density at radius 3 is 2.44 bits per heavy atom. The molecule has 4 heteroatoms. The topological polar surface area (TPSA) is 50.4 Å². The third-order valence-electron chi connectivity index (χ3n) is 4.54. The first-order valence-corrected chi connectivity index (χ1v) is 8.75. The first-order valence-electron chi connectivity index (χ1n) is 8.75. The van der Waals surface area contributed by atoms with Crippen molar-refractivity contribution in [3.8, 4) is 0 Å². The molecule has 0 aliphatic carbocycles. The van der Waals surface area contributed by atoms with Gasteiger partial charge in [0, 0.05) is 18.7 Å². The quantitative estimate of drug-likeness (QED) is 0.879. The van der Waals surface area contributed by atoms with E-state index in [2.05, 4.69) is 55.7 Å². The van der Waals surface area contributed by atoms with Gasteiger partial charge in [0.05, 0.1) is 12.7 Å². The zero-order chi connectivity index (χ0) is 17.9. The van der Waals surface area contributed by atoms with Crippen LogP contribution < -0.4 is 10.6 Å². The van der Waals surface area contributed by atoms with Crippen LogP contribution in [0, 0.1) is 0 Å². The Bertz CT molecular complexity index is 732. The van der Waals surface area contributed by atoms with Crippen molar-refractivity contribution in [2.75, 3.05) is 11.9 Å². The first kappa shape index (κ1) is 17.5. The number of hydrogen-bond donors (Lipinski definition) is 2. The van der Waals surface area contributed by atoms with Crippen molar-refractivity contribution in [1.29, 1.82) is 0 Å². The number of hydrogen-bond acceptors (Lipinski definition) is 2. The summed E-state index contributed by atoms with van der Waals surface area (Å²) in [5.41, 5.74) is 4.68. The lowest BCUT2D eigenvalue weighted by Crippen LogP contribution is -2.38. The molecule has 1 atom stereocenters. The van der Waals surface area contributed by atoms with Gasteiger partial charge >= 0.3 is 6.03 Å². The van der Waals surface area contributed by atoms with Crippen LogP contribution >= 0.6 is 0 Å². The molecule has 0 fully saturated rings. The highest BCUT2D eigenvalue weighted by atomic mass is 16.5. The maximum Gasteiger partial charge on any atom is 0.319 e. The van der Waals surface area contributed by atoms with Gasteiger partial charge < -0.3 is 15.4 Å². The van der Waals surface area contributed by atoms with Crippen LogP contribution in [0.4, 0.5) is 10.5 Å². The molecule has 0 spiro atoms. The highest BCUT2D eigenvalue weighted by molar-refractivity contribution is 5.89. The second-order valence-corrected chi connectivity index (χ2v) is 7.57. The Labute approximate surface area is 149 Å². The molecule has 1 heterocycles. The molecule has 2 aromatic rings. The molecule has 2 aromatic carbocycles. The van der Waals surface area contributed by atoms with E-state index in [0.29, 0.717) is 13.2 Å². The smallest absolute Gasteiger partial charge is 0.319 e. The zero-order valence-electron chi connectivity index (χ0n) is 15.1. The van der Waals surface area contributed by atoms with Gasteiger partial charge in [-0.2, -0.15) is 0 Å². The number of anilines is 1. The summed E-state index contributed by atoms with van der Waals surface area (Å²) in [5, 5.41) is 5.78. The monoisotopic (exact) mass is 338 g/mol. The molecule has 0 aromatic heterocycles. The van der Waals surface area contributed by atoms with Crippen LogP contribution in [0.15, 0.2) is 48.5 Å². The third-order valence-corrected chi connectivity index (χ3v) is 4.54. The standard InChI is InChI=1S/C21H26N2O2/c1-21(2,3)17-8-10-18(11-9-17)23-20(24)22-13-19-12-15-6-4-5-7-16(15)14-25-19/h4-11,19H,12-14H2,1-3H3,(H2,22,23,24). The van der Waals surface area contributed by atoms with Gasteiger partial charge in [-0.3, -0.25) is 0 Å². The Balaban J connectivity index is 1.49. The summed E-state index contributed by atoms with van der Waals surface area (Å²) < 4.78 is 5.82. The minimum Gasteiger partial charge on any atom is -0.371 e. The average molecular weight is 338 g/mol. The molecule has 25 heavy (non-hydrogen) atoms. The number of carbonyl (C=O) groups is 1. The summed E-state index contributed by atoms with van der Waals surface area (Å²) in [6.07, 6.45) is 0.848. The van der Waals surface area contributed by atoms with E-state index < -0.39 is 0 Å². The summed E-state index contributed by atoms with van der Waals surface area (Å²) >= 11 is 0. The minimum absolute atomic E-state index is 0.0175. The summed E-state index contributed by atoms with van der Waals surface area (Å²) in [6, 6.07) is 16.1. The third kappa shape index (κ3) is 4.60. The van der Waals surface area contributed by atoms with E-state index in [-0.39, 0.29) is 17.6 Å². The van der Waals surface area contributed by atoms with E-state index in [0.717, 1.165) is 12.1 Å². The molecule has 132 valence electrons. The summed E-state index contributed by atoms with van der Waals surface area (Å²) in [4.78, 5) is 12.1. The second-order valence-electron chi connectivity index (χ2n) is 7.57. The zero-order valence-corrected chi connectivity index (χ0v) is 15.1. The lowest BCUT2D eigenvalue weighted by Gasteiger charge is -2.25. The van der Waals surface area contributed by atoms with Crippen molar-refractivity contribution in [3.05, 3.63) is 65.2 Å². The Morgan fingerprint density at radius 2 is 1.76 bits per heavy atom. The van der Waals surface area contributed by atoms with E-state index in [1.807, 2.05) is 24.3 Å². The molecule has 1 aliphatic heterocycles. The lowest BCUT2D eigenvalue weighted by atomic mass is 9.87. The molecule has 0 saturated carbocycles. The number of urea groups is 1. The minimum atomic E-state index is -0.203. The van der Waals surface area contributed by atoms with Crippen LogP contribution in [0.25, 0.3) is 0 Å². The number of amides is 2. The van der Waals surface area contributed by atoms with Crippen LogP contribution in [-0.2, 0) is 23.2 Å². The van der Waals surface area contributed by atoms with Gasteiger partial charge in [0.25, 0.3) is 0 Å². The van der Waals surface area contributed by atoms with Gasteiger partial charge in [-0.15, -0.1) is 0 Å². The van der Waals surface area contributed by atoms with Crippen LogP contribution in [-0.4, -0.2) is 18.7 Å². The normalized spacial score (nSPS) is 16.8. The van der Waals surface area contributed by atoms with Gasteiger partial charge in [0.2, 0.25) is 0 Å². The second kappa shape index (κ2) is 7.28. The Kier molecular flexibility index (Phi) is 5.09. The number of rotatable bonds is 3. The van der Waals surface area contributed by atoms with Crippen molar-refractivity contribution >= 4 is 11.7 Å². The molecule has 4 nitrogen and oxygen atoms in total. The highest BCUT2D eigenvalue weighted by Crippen LogP contribution is 2.23. The van der Waals surface area contributed by atoms with Crippen molar-refractivity contribution < 1.29 is 9.53 Å². The van der Waals surface area contributed by atoms with Gasteiger partial charge in [-0.25, -0.2) is 4.79 Å². The Morgan fingerprint density at radius 1 is 1.08 bits per heavy atom. The first-order chi connectivity index (χ1) is 11.9. The summed E-state index contributed by atoms with van der Waals surface area (Å²) in [5.74, 6) is 0. The van der Waals surface area contributed by atoms with Crippen LogP contribution in [0.3, 0.4) is 0 Å². The molecular weight excluding hydrogens is 312 g/mol.